The lowest BCUT2D eigenvalue weighted by molar-refractivity contribution is 0.242. The molecule has 1 nitrogen and oxygen atoms in total. The summed E-state index contributed by atoms with van der Waals surface area (Å²) in [7, 11) is 0. The monoisotopic (exact) mass is 194 g/mol. The third-order valence-electron chi connectivity index (χ3n) is 1.41. The van der Waals surface area contributed by atoms with Crippen molar-refractivity contribution in [1.82, 2.24) is 0 Å². The molecule has 0 atom stereocenters. The van der Waals surface area contributed by atoms with E-state index in [1.165, 1.54) is 0 Å². The molecule has 1 aromatic carbocycles. The van der Waals surface area contributed by atoms with Crippen LogP contribution in [0.1, 0.15) is 19.4 Å². The first kappa shape index (κ1) is 9.95. The van der Waals surface area contributed by atoms with Crippen molar-refractivity contribution in [2.75, 3.05) is 0 Å². The molecule has 0 spiro atoms. The van der Waals surface area contributed by atoms with Crippen LogP contribution in [0.5, 0.6) is 5.75 Å². The number of hydrogen-bond donors (Lipinski definition) is 0. The van der Waals surface area contributed by atoms with Gasteiger partial charge in [0.05, 0.1) is 6.10 Å². The molecule has 2 heteroatoms. The van der Waals surface area contributed by atoms with Crippen molar-refractivity contribution in [2.24, 2.45) is 0 Å². The van der Waals surface area contributed by atoms with E-state index in [0.717, 1.165) is 11.3 Å². The van der Waals surface area contributed by atoms with E-state index in [1.807, 2.05) is 13.8 Å². The maximum Gasteiger partial charge on any atom is 0.122 e. The zero-order chi connectivity index (χ0) is 9.84. The minimum absolute atomic E-state index is 0.129. The van der Waals surface area contributed by atoms with E-state index < -0.39 is 0 Å². The van der Waals surface area contributed by atoms with Crippen LogP contribution < -0.4 is 4.74 Å². The lowest BCUT2D eigenvalue weighted by Gasteiger charge is -2.09. The maximum atomic E-state index is 5.84. The van der Waals surface area contributed by atoms with Crippen molar-refractivity contribution < 1.29 is 4.74 Å². The van der Waals surface area contributed by atoms with Gasteiger partial charge in [-0.2, -0.15) is 0 Å². The second-order valence-corrected chi connectivity index (χ2v) is 3.42. The first-order chi connectivity index (χ1) is 6.11. The van der Waals surface area contributed by atoms with Gasteiger partial charge >= 0.3 is 0 Å². The Bertz CT molecular complexity index is 336. The van der Waals surface area contributed by atoms with E-state index in [1.54, 1.807) is 18.2 Å². The van der Waals surface area contributed by atoms with Crippen molar-refractivity contribution >= 4 is 11.6 Å². The highest BCUT2D eigenvalue weighted by molar-refractivity contribution is 6.30. The average molecular weight is 195 g/mol. The maximum absolute atomic E-state index is 5.84. The van der Waals surface area contributed by atoms with Crippen LogP contribution in [0.3, 0.4) is 0 Å². The van der Waals surface area contributed by atoms with E-state index in [2.05, 4.69) is 5.92 Å². The molecule has 0 fully saturated rings. The van der Waals surface area contributed by atoms with Gasteiger partial charge in [0.1, 0.15) is 5.75 Å². The van der Waals surface area contributed by atoms with Gasteiger partial charge in [-0.1, -0.05) is 17.5 Å². The van der Waals surface area contributed by atoms with Crippen LogP contribution in [0.4, 0.5) is 0 Å². The molecular weight excluding hydrogens is 184 g/mol. The van der Waals surface area contributed by atoms with Crippen molar-refractivity contribution in [3.05, 3.63) is 28.8 Å². The summed E-state index contributed by atoms with van der Waals surface area (Å²) in [5, 5.41) is 0.603. The van der Waals surface area contributed by atoms with Crippen LogP contribution >= 0.6 is 11.6 Å². The predicted octanol–water partition coefficient (Wildman–Crippen LogP) is 3.11. The molecule has 0 N–H and O–H groups in total. The summed E-state index contributed by atoms with van der Waals surface area (Å²) in [6.07, 6.45) is 5.38. The van der Waals surface area contributed by atoms with Gasteiger partial charge in [0.15, 0.2) is 0 Å². The van der Waals surface area contributed by atoms with Gasteiger partial charge in [0, 0.05) is 10.6 Å². The Morgan fingerprint density at radius 1 is 1.38 bits per heavy atom. The standard InChI is InChI=1S/C11H11ClO/c1-4-9-5-10(12)7-11(6-9)13-8(2)3/h1,5-8H,2-3H3. The minimum Gasteiger partial charge on any atom is -0.491 e. The number of terminal acetylenes is 1. The first-order valence-corrected chi connectivity index (χ1v) is 4.43. The summed E-state index contributed by atoms with van der Waals surface area (Å²) < 4.78 is 5.46. The second-order valence-electron chi connectivity index (χ2n) is 2.99. The van der Waals surface area contributed by atoms with Crippen LogP contribution in [0, 0.1) is 12.3 Å². The molecule has 68 valence electrons. The van der Waals surface area contributed by atoms with E-state index >= 15 is 0 Å². The lowest BCUT2D eigenvalue weighted by Crippen LogP contribution is -2.05. The summed E-state index contributed by atoms with van der Waals surface area (Å²) in [6, 6.07) is 5.28. The molecule has 0 saturated carbocycles. The number of halogens is 1. The zero-order valence-electron chi connectivity index (χ0n) is 7.67. The topological polar surface area (TPSA) is 9.23 Å². The molecule has 0 aliphatic heterocycles. The Kier molecular flexibility index (Phi) is 3.22. The first-order valence-electron chi connectivity index (χ1n) is 4.05. The molecule has 1 rings (SSSR count). The zero-order valence-corrected chi connectivity index (χ0v) is 8.43. The molecular formula is C11H11ClO. The smallest absolute Gasteiger partial charge is 0.122 e. The quantitative estimate of drug-likeness (QED) is 0.658. The summed E-state index contributed by atoms with van der Waals surface area (Å²) in [4.78, 5) is 0. The van der Waals surface area contributed by atoms with Gasteiger partial charge < -0.3 is 4.74 Å². The fraction of sp³-hybridized carbons (Fsp3) is 0.273. The molecule has 0 heterocycles. The molecule has 13 heavy (non-hydrogen) atoms. The van der Waals surface area contributed by atoms with Crippen molar-refractivity contribution in [3.63, 3.8) is 0 Å². The number of benzene rings is 1. The molecule has 0 aliphatic rings. The molecule has 0 aromatic heterocycles. The van der Waals surface area contributed by atoms with Gasteiger partial charge in [0.2, 0.25) is 0 Å². The van der Waals surface area contributed by atoms with Crippen molar-refractivity contribution in [3.8, 4) is 18.1 Å². The molecule has 0 saturated heterocycles. The predicted molar refractivity (Wildman–Crippen MR) is 55.2 cm³/mol. The third-order valence-corrected chi connectivity index (χ3v) is 1.63. The average Bonchev–Trinajstić information content (AvgIpc) is 2.01. The second kappa shape index (κ2) is 4.20. The summed E-state index contributed by atoms with van der Waals surface area (Å²) >= 11 is 5.84. The fourth-order valence-electron chi connectivity index (χ4n) is 0.986. The van der Waals surface area contributed by atoms with E-state index in [-0.39, 0.29) is 6.10 Å². The van der Waals surface area contributed by atoms with E-state index in [4.69, 9.17) is 22.8 Å². The molecule has 0 unspecified atom stereocenters. The molecule has 0 bridgehead atoms. The Morgan fingerprint density at radius 3 is 2.62 bits per heavy atom. The van der Waals surface area contributed by atoms with Crippen molar-refractivity contribution in [2.45, 2.75) is 20.0 Å². The molecule has 0 amide bonds. The Labute approximate surface area is 83.7 Å². The third kappa shape index (κ3) is 3.01. The van der Waals surface area contributed by atoms with E-state index in [0.29, 0.717) is 5.02 Å². The van der Waals surface area contributed by atoms with Gasteiger partial charge in [-0.15, -0.1) is 6.42 Å². The highest BCUT2D eigenvalue weighted by Gasteiger charge is 2.00. The SMILES string of the molecule is C#Cc1cc(Cl)cc(OC(C)C)c1. The lowest BCUT2D eigenvalue weighted by atomic mass is 10.2. The fourth-order valence-corrected chi connectivity index (χ4v) is 1.21. The molecule has 1 aromatic rings. The summed E-state index contributed by atoms with van der Waals surface area (Å²) in [5.41, 5.74) is 0.739. The Balaban J connectivity index is 2.96. The number of rotatable bonds is 2. The minimum atomic E-state index is 0.129. The van der Waals surface area contributed by atoms with Gasteiger partial charge in [0.25, 0.3) is 0 Å². The van der Waals surface area contributed by atoms with E-state index in [9.17, 15) is 0 Å². The summed E-state index contributed by atoms with van der Waals surface area (Å²) in [5.74, 6) is 3.23. The van der Waals surface area contributed by atoms with Gasteiger partial charge in [-0.05, 0) is 32.0 Å². The van der Waals surface area contributed by atoms with Crippen LogP contribution in [0.25, 0.3) is 0 Å². The molecule has 0 radical (unpaired) electrons. The molecule has 0 aliphatic carbocycles. The normalized spacial score (nSPS) is 9.77. The van der Waals surface area contributed by atoms with Crippen LogP contribution in [-0.4, -0.2) is 6.10 Å². The van der Waals surface area contributed by atoms with Crippen molar-refractivity contribution in [1.29, 1.82) is 0 Å². The number of hydrogen-bond acceptors (Lipinski definition) is 1. The number of ether oxygens (including phenoxy) is 1. The summed E-state index contributed by atoms with van der Waals surface area (Å²) in [6.45, 7) is 3.91. The highest BCUT2D eigenvalue weighted by Crippen LogP contribution is 2.21. The highest BCUT2D eigenvalue weighted by atomic mass is 35.5. The Morgan fingerprint density at radius 2 is 2.08 bits per heavy atom. The van der Waals surface area contributed by atoms with Crippen LogP contribution in [0.15, 0.2) is 18.2 Å². The Hall–Kier alpha value is -1.13. The largest absolute Gasteiger partial charge is 0.491 e. The van der Waals surface area contributed by atoms with Gasteiger partial charge in [-0.3, -0.25) is 0 Å². The van der Waals surface area contributed by atoms with Gasteiger partial charge in [-0.25, -0.2) is 0 Å². The van der Waals surface area contributed by atoms with Crippen LogP contribution in [0.2, 0.25) is 5.02 Å². The van der Waals surface area contributed by atoms with Crippen LogP contribution in [-0.2, 0) is 0 Å².